The highest BCUT2D eigenvalue weighted by Crippen LogP contribution is 2.33. The summed E-state index contributed by atoms with van der Waals surface area (Å²) in [6.07, 6.45) is 4.55. The number of rotatable bonds is 6. The fourth-order valence-corrected chi connectivity index (χ4v) is 4.11. The number of benzene rings is 1. The van der Waals surface area contributed by atoms with Crippen LogP contribution in [0, 0.1) is 12.7 Å². The van der Waals surface area contributed by atoms with Crippen LogP contribution in [0.25, 0.3) is 0 Å². The molecule has 0 aliphatic carbocycles. The van der Waals surface area contributed by atoms with E-state index in [9.17, 15) is 9.50 Å². The zero-order valence-electron chi connectivity index (χ0n) is 17.8. The average molecular weight is 413 g/mol. The van der Waals surface area contributed by atoms with Crippen LogP contribution in [0.15, 0.2) is 36.8 Å². The third-order valence-electron chi connectivity index (χ3n) is 5.87. The van der Waals surface area contributed by atoms with E-state index in [0.29, 0.717) is 30.2 Å². The molecule has 3 aromatic rings. The summed E-state index contributed by atoms with van der Waals surface area (Å²) in [5.74, 6) is 0.193. The fraction of sp³-hybridized carbons (Fsp3) is 0.455. The lowest BCUT2D eigenvalue weighted by Gasteiger charge is -2.37. The van der Waals surface area contributed by atoms with Crippen LogP contribution in [0.1, 0.15) is 35.7 Å². The molecule has 160 valence electrons. The van der Waals surface area contributed by atoms with Crippen molar-refractivity contribution >= 4 is 5.69 Å². The number of imidazole rings is 1. The Kier molecular flexibility index (Phi) is 5.87. The molecule has 0 saturated carbocycles. The summed E-state index contributed by atoms with van der Waals surface area (Å²) in [5, 5.41) is 15.4. The Balaban J connectivity index is 1.49. The van der Waals surface area contributed by atoms with Gasteiger partial charge in [-0.3, -0.25) is 9.58 Å². The van der Waals surface area contributed by atoms with E-state index in [2.05, 4.69) is 28.1 Å². The van der Waals surface area contributed by atoms with Crippen molar-refractivity contribution in [1.29, 1.82) is 0 Å². The predicted molar refractivity (Wildman–Crippen MR) is 114 cm³/mol. The molecule has 1 N–H and O–H groups in total. The third-order valence-corrected chi connectivity index (χ3v) is 5.87. The van der Waals surface area contributed by atoms with Gasteiger partial charge in [0.15, 0.2) is 0 Å². The minimum absolute atomic E-state index is 0.311. The smallest absolute Gasteiger partial charge is 0.146 e. The summed E-state index contributed by atoms with van der Waals surface area (Å²) in [4.78, 5) is 8.65. The molecule has 3 heterocycles. The van der Waals surface area contributed by atoms with Gasteiger partial charge >= 0.3 is 0 Å². The quantitative estimate of drug-likeness (QED) is 0.674. The average Bonchev–Trinajstić information content (AvgIpc) is 3.33. The summed E-state index contributed by atoms with van der Waals surface area (Å²) in [6, 6.07) is 4.89. The molecule has 0 bridgehead atoms. The van der Waals surface area contributed by atoms with Gasteiger partial charge in [-0.2, -0.15) is 5.10 Å². The molecule has 1 atom stereocenters. The molecular weight excluding hydrogens is 383 g/mol. The van der Waals surface area contributed by atoms with Gasteiger partial charge < -0.3 is 14.6 Å². The van der Waals surface area contributed by atoms with Crippen LogP contribution in [-0.2, 0) is 20.1 Å². The Hall–Kier alpha value is -2.71. The van der Waals surface area contributed by atoms with Crippen molar-refractivity contribution in [2.24, 2.45) is 7.05 Å². The number of aromatic nitrogens is 4. The minimum atomic E-state index is -0.976. The summed E-state index contributed by atoms with van der Waals surface area (Å²) in [7, 11) is 1.83. The van der Waals surface area contributed by atoms with Crippen molar-refractivity contribution in [3.05, 3.63) is 65.3 Å². The molecule has 1 fully saturated rings. The van der Waals surface area contributed by atoms with E-state index in [4.69, 9.17) is 0 Å². The molecule has 0 unspecified atom stereocenters. The Morgan fingerprint density at radius 2 is 1.97 bits per heavy atom. The maximum Gasteiger partial charge on any atom is 0.146 e. The van der Waals surface area contributed by atoms with Crippen LogP contribution in [0.5, 0.6) is 0 Å². The second kappa shape index (κ2) is 8.57. The molecule has 1 aliphatic rings. The normalized spacial score (nSPS) is 16.2. The first kappa shape index (κ1) is 20.6. The van der Waals surface area contributed by atoms with Gasteiger partial charge in [0.05, 0.1) is 11.4 Å². The number of hydrogen-bond acceptors (Lipinski definition) is 5. The lowest BCUT2D eigenvalue weighted by molar-refractivity contribution is 0.205. The zero-order valence-corrected chi connectivity index (χ0v) is 17.8. The Bertz CT molecular complexity index is 1000. The molecule has 7 nitrogen and oxygen atoms in total. The van der Waals surface area contributed by atoms with E-state index in [1.165, 1.54) is 11.6 Å². The summed E-state index contributed by atoms with van der Waals surface area (Å²) >= 11 is 0. The Morgan fingerprint density at radius 1 is 1.20 bits per heavy atom. The molecule has 1 aromatic carbocycles. The first-order chi connectivity index (χ1) is 14.5. The van der Waals surface area contributed by atoms with Gasteiger partial charge in [-0.05, 0) is 19.9 Å². The number of halogens is 1. The lowest BCUT2D eigenvalue weighted by atomic mass is 10.0. The van der Waals surface area contributed by atoms with Gasteiger partial charge in [-0.1, -0.05) is 12.1 Å². The van der Waals surface area contributed by atoms with E-state index in [1.807, 2.05) is 23.6 Å². The van der Waals surface area contributed by atoms with E-state index in [0.717, 1.165) is 31.9 Å². The van der Waals surface area contributed by atoms with Crippen molar-refractivity contribution in [3.63, 3.8) is 0 Å². The molecule has 8 heteroatoms. The second-order valence-corrected chi connectivity index (χ2v) is 7.84. The van der Waals surface area contributed by atoms with Gasteiger partial charge in [0.25, 0.3) is 0 Å². The van der Waals surface area contributed by atoms with E-state index in [1.54, 1.807) is 29.1 Å². The van der Waals surface area contributed by atoms with E-state index in [-0.39, 0.29) is 5.82 Å². The summed E-state index contributed by atoms with van der Waals surface area (Å²) < 4.78 is 18.6. The number of anilines is 1. The minimum Gasteiger partial charge on any atom is -0.380 e. The Morgan fingerprint density at radius 3 is 2.60 bits per heavy atom. The number of aryl methyl sites for hydroxylation is 3. The van der Waals surface area contributed by atoms with Crippen LogP contribution in [0.4, 0.5) is 10.1 Å². The molecule has 1 aliphatic heterocycles. The molecule has 0 radical (unpaired) electrons. The highest BCUT2D eigenvalue weighted by atomic mass is 19.1. The molecule has 0 spiro atoms. The van der Waals surface area contributed by atoms with Crippen LogP contribution >= 0.6 is 0 Å². The van der Waals surface area contributed by atoms with Crippen LogP contribution < -0.4 is 4.90 Å². The SMILES string of the molecule is CCn1cc(CN2CCN(c3c(F)cccc3[C@@H](O)c3nccn3C)CC2)c(C)n1. The maximum absolute atomic E-state index is 14.9. The topological polar surface area (TPSA) is 62.4 Å². The maximum atomic E-state index is 14.9. The van der Waals surface area contributed by atoms with Crippen molar-refractivity contribution in [2.75, 3.05) is 31.1 Å². The number of nitrogens with zero attached hydrogens (tertiary/aromatic N) is 6. The van der Waals surface area contributed by atoms with Gasteiger partial charge in [-0.25, -0.2) is 9.37 Å². The highest BCUT2D eigenvalue weighted by Gasteiger charge is 2.27. The van der Waals surface area contributed by atoms with Crippen LogP contribution in [0.2, 0.25) is 0 Å². The highest BCUT2D eigenvalue weighted by molar-refractivity contribution is 5.57. The lowest BCUT2D eigenvalue weighted by Crippen LogP contribution is -2.46. The number of hydrogen-bond donors (Lipinski definition) is 1. The number of aliphatic hydroxyl groups excluding tert-OH is 1. The van der Waals surface area contributed by atoms with Crippen molar-refractivity contribution in [3.8, 4) is 0 Å². The second-order valence-electron chi connectivity index (χ2n) is 7.84. The first-order valence-electron chi connectivity index (χ1n) is 10.4. The Labute approximate surface area is 176 Å². The van der Waals surface area contributed by atoms with Crippen molar-refractivity contribution < 1.29 is 9.50 Å². The van der Waals surface area contributed by atoms with E-state index >= 15 is 0 Å². The van der Waals surface area contributed by atoms with Crippen LogP contribution in [-0.4, -0.2) is 55.5 Å². The van der Waals surface area contributed by atoms with Gasteiger partial charge in [0.1, 0.15) is 17.7 Å². The zero-order chi connectivity index (χ0) is 21.3. The van der Waals surface area contributed by atoms with Gasteiger partial charge in [-0.15, -0.1) is 0 Å². The van der Waals surface area contributed by atoms with Crippen molar-refractivity contribution in [1.82, 2.24) is 24.2 Å². The molecule has 0 amide bonds. The first-order valence-corrected chi connectivity index (χ1v) is 10.4. The number of piperazine rings is 1. The van der Waals surface area contributed by atoms with E-state index < -0.39 is 6.10 Å². The van der Waals surface area contributed by atoms with Gasteiger partial charge in [0.2, 0.25) is 0 Å². The monoisotopic (exact) mass is 412 g/mol. The molecular formula is C22H29FN6O. The molecule has 1 saturated heterocycles. The van der Waals surface area contributed by atoms with Crippen LogP contribution in [0.3, 0.4) is 0 Å². The fourth-order valence-electron chi connectivity index (χ4n) is 4.11. The molecule has 2 aromatic heterocycles. The predicted octanol–water partition coefficient (Wildman–Crippen LogP) is 2.49. The van der Waals surface area contributed by atoms with Crippen molar-refractivity contribution in [2.45, 2.75) is 33.0 Å². The summed E-state index contributed by atoms with van der Waals surface area (Å²) in [5.41, 5.74) is 3.33. The number of para-hydroxylation sites is 1. The summed E-state index contributed by atoms with van der Waals surface area (Å²) in [6.45, 7) is 8.88. The number of aliphatic hydroxyl groups is 1. The van der Waals surface area contributed by atoms with Gasteiger partial charge in [0, 0.05) is 76.0 Å². The largest absolute Gasteiger partial charge is 0.380 e. The third kappa shape index (κ3) is 3.97. The standard InChI is InChI=1S/C22H29FN6O/c1-4-29-15-17(16(2)25-29)14-27-10-12-28(13-11-27)20-18(6-5-7-19(20)23)21(30)22-24-8-9-26(22)3/h5-9,15,21,30H,4,10-14H2,1-3H3/t21-/m1/s1. The molecule has 30 heavy (non-hydrogen) atoms. The molecule has 4 rings (SSSR count).